The second-order valence-electron chi connectivity index (χ2n) is 3.19. The van der Waals surface area contributed by atoms with Gasteiger partial charge in [-0.05, 0) is 24.3 Å². The maximum atomic E-state index is 10.9. The predicted octanol–water partition coefficient (Wildman–Crippen LogP) is 1.59. The predicted molar refractivity (Wildman–Crippen MR) is 61.6 cm³/mol. The van der Waals surface area contributed by atoms with Crippen LogP contribution in [0.4, 0.5) is 0 Å². The summed E-state index contributed by atoms with van der Waals surface area (Å²) in [7, 11) is 0. The van der Waals surface area contributed by atoms with Crippen LogP contribution in [0.3, 0.4) is 0 Å². The number of aliphatic carboxylic acids is 1. The molecule has 0 atom stereocenters. The van der Waals surface area contributed by atoms with Gasteiger partial charge in [-0.2, -0.15) is 4.73 Å². The lowest BCUT2D eigenvalue weighted by Crippen LogP contribution is -2.18. The van der Waals surface area contributed by atoms with E-state index in [-0.39, 0.29) is 12.8 Å². The van der Waals surface area contributed by atoms with Crippen LogP contribution in [0.5, 0.6) is 0 Å². The molecule has 96 valence electrons. The molecule has 0 fully saturated rings. The summed E-state index contributed by atoms with van der Waals surface area (Å²) >= 11 is 0. The van der Waals surface area contributed by atoms with E-state index in [1.54, 1.807) is 37.1 Å². The van der Waals surface area contributed by atoms with E-state index >= 15 is 0 Å². The van der Waals surface area contributed by atoms with Gasteiger partial charge in [0.05, 0.1) is 25.4 Å². The molecular weight excluding hydrogens is 238 g/mol. The van der Waals surface area contributed by atoms with E-state index in [9.17, 15) is 9.59 Å². The molecule has 0 unspecified atom stereocenters. The number of hydrogen-bond acceptors (Lipinski definition) is 4. The number of aromatic nitrogens is 1. The van der Waals surface area contributed by atoms with Crippen LogP contribution in [-0.2, 0) is 9.59 Å². The van der Waals surface area contributed by atoms with Gasteiger partial charge in [0.25, 0.3) is 0 Å². The van der Waals surface area contributed by atoms with Crippen LogP contribution in [-0.4, -0.2) is 21.8 Å². The van der Waals surface area contributed by atoms with Crippen molar-refractivity contribution in [3.8, 4) is 0 Å². The molecule has 0 aliphatic carbocycles. The van der Waals surface area contributed by atoms with E-state index in [1.807, 2.05) is 12.1 Å². The number of furan rings is 1. The van der Waals surface area contributed by atoms with E-state index < -0.39 is 11.9 Å². The van der Waals surface area contributed by atoms with E-state index in [0.717, 1.165) is 0 Å². The molecule has 0 amide bonds. The van der Waals surface area contributed by atoms with Crippen LogP contribution < -0.4 is 4.84 Å². The van der Waals surface area contributed by atoms with Crippen LogP contribution in [0.1, 0.15) is 12.8 Å². The standard InChI is InChI=1S/C8H9NO4.C4H4O/c10-7(11)3-4-8(12)13-9-5-1-2-6-9;1-2-4-5-3-1/h1-2,5-6H,3-4H2,(H,10,11);1-4H. The van der Waals surface area contributed by atoms with Gasteiger partial charge in [0, 0.05) is 12.4 Å². The SMILES string of the molecule is O=C(O)CCC(=O)On1cccc1.c1ccoc1. The Bertz CT molecular complexity index is 430. The smallest absolute Gasteiger partial charge is 0.333 e. The number of carboxylic acids is 1. The van der Waals surface area contributed by atoms with Gasteiger partial charge in [-0.1, -0.05) is 0 Å². The minimum Gasteiger partial charge on any atom is -0.481 e. The largest absolute Gasteiger partial charge is 0.481 e. The lowest BCUT2D eigenvalue weighted by Gasteiger charge is -2.01. The van der Waals surface area contributed by atoms with Gasteiger partial charge in [-0.25, -0.2) is 4.79 Å². The lowest BCUT2D eigenvalue weighted by atomic mass is 10.3. The molecule has 1 N–H and O–H groups in total. The topological polar surface area (TPSA) is 81.7 Å². The van der Waals surface area contributed by atoms with Gasteiger partial charge in [0.15, 0.2) is 0 Å². The second-order valence-corrected chi connectivity index (χ2v) is 3.19. The Morgan fingerprint density at radius 1 is 1.06 bits per heavy atom. The zero-order chi connectivity index (χ0) is 13.2. The van der Waals surface area contributed by atoms with Crippen molar-refractivity contribution in [2.75, 3.05) is 0 Å². The third-order valence-corrected chi connectivity index (χ3v) is 1.75. The highest BCUT2D eigenvalue weighted by Crippen LogP contribution is 1.92. The fraction of sp³-hybridized carbons (Fsp3) is 0.167. The summed E-state index contributed by atoms with van der Waals surface area (Å²) in [6.07, 6.45) is 6.03. The average molecular weight is 251 g/mol. The molecule has 0 aromatic carbocycles. The van der Waals surface area contributed by atoms with Crippen molar-refractivity contribution >= 4 is 11.9 Å². The molecule has 2 aromatic heterocycles. The molecule has 2 aromatic rings. The third kappa shape index (κ3) is 6.16. The zero-order valence-corrected chi connectivity index (χ0v) is 9.56. The molecule has 2 rings (SSSR count). The highest BCUT2D eigenvalue weighted by Gasteiger charge is 2.06. The average Bonchev–Trinajstić information content (AvgIpc) is 3.01. The zero-order valence-electron chi connectivity index (χ0n) is 9.56. The molecule has 2 heterocycles. The van der Waals surface area contributed by atoms with E-state index in [2.05, 4.69) is 4.42 Å². The summed E-state index contributed by atoms with van der Waals surface area (Å²) in [5.41, 5.74) is 0. The summed E-state index contributed by atoms with van der Waals surface area (Å²) in [6, 6.07) is 7.06. The monoisotopic (exact) mass is 251 g/mol. The first kappa shape index (κ1) is 13.6. The molecule has 0 bridgehead atoms. The molecule has 18 heavy (non-hydrogen) atoms. The minimum absolute atomic E-state index is 0.118. The van der Waals surface area contributed by atoms with E-state index in [4.69, 9.17) is 9.94 Å². The summed E-state index contributed by atoms with van der Waals surface area (Å²) in [4.78, 5) is 25.7. The summed E-state index contributed by atoms with van der Waals surface area (Å²) in [5.74, 6) is -1.57. The fourth-order valence-corrected chi connectivity index (χ4v) is 0.979. The van der Waals surface area contributed by atoms with Crippen molar-refractivity contribution in [2.45, 2.75) is 12.8 Å². The van der Waals surface area contributed by atoms with Crippen molar-refractivity contribution in [1.82, 2.24) is 4.73 Å². The minimum atomic E-state index is -1.01. The number of nitrogens with zero attached hydrogens (tertiary/aromatic N) is 1. The van der Waals surface area contributed by atoms with Gasteiger partial charge in [0.2, 0.25) is 0 Å². The first-order valence-electron chi connectivity index (χ1n) is 5.21. The molecule has 0 spiro atoms. The quantitative estimate of drug-likeness (QED) is 0.892. The molecular formula is C12H13NO5. The van der Waals surface area contributed by atoms with Crippen LogP contribution in [0.15, 0.2) is 53.6 Å². The lowest BCUT2D eigenvalue weighted by molar-refractivity contribution is -0.148. The maximum Gasteiger partial charge on any atom is 0.333 e. The van der Waals surface area contributed by atoms with Crippen molar-refractivity contribution in [3.05, 3.63) is 49.2 Å². The van der Waals surface area contributed by atoms with Crippen molar-refractivity contribution < 1.29 is 24.0 Å². The first-order valence-corrected chi connectivity index (χ1v) is 5.21. The molecule has 6 nitrogen and oxygen atoms in total. The van der Waals surface area contributed by atoms with Crippen molar-refractivity contribution in [1.29, 1.82) is 0 Å². The van der Waals surface area contributed by atoms with Crippen LogP contribution >= 0.6 is 0 Å². The van der Waals surface area contributed by atoms with Gasteiger partial charge in [0.1, 0.15) is 0 Å². The van der Waals surface area contributed by atoms with E-state index in [1.165, 1.54) is 4.73 Å². The number of carboxylic acid groups (broad SMARTS) is 1. The Morgan fingerprint density at radius 3 is 2.11 bits per heavy atom. The van der Waals surface area contributed by atoms with Gasteiger partial charge < -0.3 is 14.4 Å². The Labute approximate surface area is 103 Å². The number of carbonyl (C=O) groups is 2. The molecule has 0 aliphatic heterocycles. The summed E-state index contributed by atoms with van der Waals surface area (Å²) < 4.78 is 5.81. The summed E-state index contributed by atoms with van der Waals surface area (Å²) in [5, 5.41) is 8.27. The number of hydrogen-bond donors (Lipinski definition) is 1. The van der Waals surface area contributed by atoms with Crippen LogP contribution in [0.2, 0.25) is 0 Å². The first-order chi connectivity index (χ1) is 8.68. The van der Waals surface area contributed by atoms with Crippen molar-refractivity contribution in [2.24, 2.45) is 0 Å². The van der Waals surface area contributed by atoms with Gasteiger partial charge >= 0.3 is 11.9 Å². The Hall–Kier alpha value is -2.50. The normalized spacial score (nSPS) is 9.11. The maximum absolute atomic E-state index is 10.9. The highest BCUT2D eigenvalue weighted by molar-refractivity contribution is 5.76. The summed E-state index contributed by atoms with van der Waals surface area (Å²) in [6.45, 7) is 0. The van der Waals surface area contributed by atoms with Gasteiger partial charge in [-0.15, -0.1) is 0 Å². The Balaban J connectivity index is 0.000000269. The Kier molecular flexibility index (Phi) is 5.82. The fourth-order valence-electron chi connectivity index (χ4n) is 0.979. The Morgan fingerprint density at radius 2 is 1.67 bits per heavy atom. The molecule has 0 aliphatic rings. The van der Waals surface area contributed by atoms with Crippen LogP contribution in [0.25, 0.3) is 0 Å². The molecule has 0 saturated heterocycles. The van der Waals surface area contributed by atoms with E-state index in [0.29, 0.717) is 0 Å². The molecule has 0 saturated carbocycles. The third-order valence-electron chi connectivity index (χ3n) is 1.75. The molecule has 0 radical (unpaired) electrons. The second kappa shape index (κ2) is 7.72. The van der Waals surface area contributed by atoms with Gasteiger partial charge in [-0.3, -0.25) is 4.79 Å². The van der Waals surface area contributed by atoms with Crippen molar-refractivity contribution in [3.63, 3.8) is 0 Å². The van der Waals surface area contributed by atoms with Crippen LogP contribution in [0, 0.1) is 0 Å². The molecule has 6 heteroatoms. The highest BCUT2D eigenvalue weighted by atomic mass is 16.7. The number of carbonyl (C=O) groups excluding carboxylic acids is 1. The number of rotatable bonds is 4.